The van der Waals surface area contributed by atoms with Crippen LogP contribution in [-0.4, -0.2) is 31.7 Å². The number of benzene rings is 1. The predicted molar refractivity (Wildman–Crippen MR) is 93.5 cm³/mol. The van der Waals surface area contributed by atoms with Gasteiger partial charge < -0.3 is 5.32 Å². The Morgan fingerprint density at radius 3 is 2.67 bits per heavy atom. The second-order valence-corrected chi connectivity index (χ2v) is 8.29. The van der Waals surface area contributed by atoms with Crippen molar-refractivity contribution in [2.45, 2.75) is 24.8 Å². The van der Waals surface area contributed by atoms with E-state index < -0.39 is 15.9 Å². The zero-order valence-electron chi connectivity index (χ0n) is 13.5. The van der Waals surface area contributed by atoms with Crippen LogP contribution in [0.2, 0.25) is 0 Å². The highest BCUT2D eigenvalue weighted by Crippen LogP contribution is 2.24. The fourth-order valence-electron chi connectivity index (χ4n) is 1.91. The number of hydrogen-bond acceptors (Lipinski definition) is 5. The SMILES string of the molecule is CC(C)N(C)S(=O)(=O)c1cccc(C(=O)Nc2sccc2C#N)c1. The summed E-state index contributed by atoms with van der Waals surface area (Å²) in [5.41, 5.74) is 0.585. The molecule has 24 heavy (non-hydrogen) atoms. The Morgan fingerprint density at radius 1 is 1.33 bits per heavy atom. The standard InChI is InChI=1S/C16H17N3O3S2/c1-11(2)19(3)24(21,22)14-6-4-5-12(9-14)15(20)18-16-13(10-17)7-8-23-16/h4-9,11H,1-3H3,(H,18,20). The van der Waals surface area contributed by atoms with Crippen molar-refractivity contribution in [3.05, 3.63) is 46.8 Å². The molecule has 0 bridgehead atoms. The van der Waals surface area contributed by atoms with E-state index in [0.717, 1.165) is 0 Å². The van der Waals surface area contributed by atoms with E-state index in [-0.39, 0.29) is 16.5 Å². The summed E-state index contributed by atoms with van der Waals surface area (Å²) in [4.78, 5) is 12.4. The van der Waals surface area contributed by atoms with Crippen LogP contribution in [0.15, 0.2) is 40.6 Å². The second-order valence-electron chi connectivity index (χ2n) is 5.37. The Hall–Kier alpha value is -2.21. The zero-order valence-corrected chi connectivity index (χ0v) is 15.1. The minimum atomic E-state index is -3.67. The Balaban J connectivity index is 2.31. The summed E-state index contributed by atoms with van der Waals surface area (Å²) in [5, 5.41) is 13.8. The molecule has 0 atom stereocenters. The summed E-state index contributed by atoms with van der Waals surface area (Å²) >= 11 is 1.23. The van der Waals surface area contributed by atoms with Crippen molar-refractivity contribution in [3.63, 3.8) is 0 Å². The first-order chi connectivity index (χ1) is 11.3. The van der Waals surface area contributed by atoms with Gasteiger partial charge in [-0.25, -0.2) is 8.42 Å². The molecule has 8 heteroatoms. The van der Waals surface area contributed by atoms with Gasteiger partial charge in [0.25, 0.3) is 5.91 Å². The Bertz CT molecular complexity index is 895. The highest BCUT2D eigenvalue weighted by atomic mass is 32.2. The van der Waals surface area contributed by atoms with Gasteiger partial charge in [-0.15, -0.1) is 11.3 Å². The van der Waals surface area contributed by atoms with E-state index in [0.29, 0.717) is 10.6 Å². The molecule has 1 amide bonds. The molecule has 0 unspecified atom stereocenters. The summed E-state index contributed by atoms with van der Waals surface area (Å²) in [6.45, 7) is 3.54. The number of nitrogens with zero attached hydrogens (tertiary/aromatic N) is 2. The van der Waals surface area contributed by atoms with Gasteiger partial charge in [-0.1, -0.05) is 6.07 Å². The normalized spacial score (nSPS) is 11.5. The number of thiophene rings is 1. The number of hydrogen-bond donors (Lipinski definition) is 1. The maximum Gasteiger partial charge on any atom is 0.256 e. The third-order valence-corrected chi connectivity index (χ3v) is 6.37. The molecule has 2 aromatic rings. The van der Waals surface area contributed by atoms with Crippen molar-refractivity contribution in [2.75, 3.05) is 12.4 Å². The van der Waals surface area contributed by atoms with E-state index in [4.69, 9.17) is 5.26 Å². The molecular formula is C16H17N3O3S2. The molecule has 0 spiro atoms. The third-order valence-electron chi connectivity index (χ3n) is 3.51. The summed E-state index contributed by atoms with van der Waals surface area (Å²) < 4.78 is 26.3. The van der Waals surface area contributed by atoms with Crippen LogP contribution in [0, 0.1) is 11.3 Å². The minimum absolute atomic E-state index is 0.0537. The van der Waals surface area contributed by atoms with Gasteiger partial charge in [0.2, 0.25) is 10.0 Å². The van der Waals surface area contributed by atoms with Crippen LogP contribution < -0.4 is 5.32 Å². The van der Waals surface area contributed by atoms with Gasteiger partial charge in [-0.2, -0.15) is 9.57 Å². The average molecular weight is 363 g/mol. The Morgan fingerprint density at radius 2 is 2.04 bits per heavy atom. The van der Waals surface area contributed by atoms with E-state index >= 15 is 0 Å². The van der Waals surface area contributed by atoms with Gasteiger partial charge in [0.05, 0.1) is 10.5 Å². The number of carbonyl (C=O) groups excluding carboxylic acids is 1. The fourth-order valence-corrected chi connectivity index (χ4v) is 4.06. The first-order valence-corrected chi connectivity index (χ1v) is 9.46. The molecule has 2 rings (SSSR count). The summed E-state index contributed by atoms with van der Waals surface area (Å²) in [5.74, 6) is -0.460. The van der Waals surface area contributed by atoms with Crippen LogP contribution in [0.3, 0.4) is 0 Å². The molecule has 0 saturated carbocycles. The molecule has 1 aromatic carbocycles. The monoisotopic (exact) mass is 363 g/mol. The first-order valence-electron chi connectivity index (χ1n) is 7.14. The van der Waals surface area contributed by atoms with Crippen molar-refractivity contribution in [3.8, 4) is 6.07 Å². The smallest absolute Gasteiger partial charge is 0.256 e. The van der Waals surface area contributed by atoms with Gasteiger partial charge in [-0.05, 0) is 43.5 Å². The lowest BCUT2D eigenvalue weighted by molar-refractivity contribution is 0.102. The lowest BCUT2D eigenvalue weighted by atomic mass is 10.2. The van der Waals surface area contributed by atoms with E-state index in [1.54, 1.807) is 25.3 Å². The van der Waals surface area contributed by atoms with Gasteiger partial charge in [-0.3, -0.25) is 4.79 Å². The number of sulfonamides is 1. The van der Waals surface area contributed by atoms with Crippen molar-refractivity contribution in [1.82, 2.24) is 4.31 Å². The molecule has 0 aliphatic heterocycles. The van der Waals surface area contributed by atoms with Crippen molar-refractivity contribution < 1.29 is 13.2 Å². The Labute approximate surface area is 145 Å². The van der Waals surface area contributed by atoms with Gasteiger partial charge in [0.1, 0.15) is 11.1 Å². The van der Waals surface area contributed by atoms with Crippen LogP contribution in [0.5, 0.6) is 0 Å². The lowest BCUT2D eigenvalue weighted by Crippen LogP contribution is -2.33. The lowest BCUT2D eigenvalue weighted by Gasteiger charge is -2.21. The minimum Gasteiger partial charge on any atom is -0.312 e. The summed E-state index contributed by atoms with van der Waals surface area (Å²) in [6.07, 6.45) is 0. The Kier molecular flexibility index (Phi) is 5.39. The summed E-state index contributed by atoms with van der Waals surface area (Å²) in [6, 6.07) is 9.25. The molecule has 126 valence electrons. The van der Waals surface area contributed by atoms with Crippen LogP contribution in [0.4, 0.5) is 5.00 Å². The van der Waals surface area contributed by atoms with E-state index in [1.807, 2.05) is 6.07 Å². The maximum atomic E-state index is 12.5. The summed E-state index contributed by atoms with van der Waals surface area (Å²) in [7, 11) is -2.17. The third kappa shape index (κ3) is 3.64. The first kappa shape index (κ1) is 18.1. The van der Waals surface area contributed by atoms with Gasteiger partial charge >= 0.3 is 0 Å². The van der Waals surface area contributed by atoms with Crippen molar-refractivity contribution >= 4 is 32.3 Å². The molecule has 0 saturated heterocycles. The quantitative estimate of drug-likeness (QED) is 0.884. The maximum absolute atomic E-state index is 12.5. The number of anilines is 1. The van der Waals surface area contributed by atoms with E-state index in [1.165, 1.54) is 47.0 Å². The van der Waals surface area contributed by atoms with Crippen molar-refractivity contribution in [2.24, 2.45) is 0 Å². The van der Waals surface area contributed by atoms with Crippen LogP contribution >= 0.6 is 11.3 Å². The number of amides is 1. The largest absolute Gasteiger partial charge is 0.312 e. The fraction of sp³-hybridized carbons (Fsp3) is 0.250. The molecule has 0 aliphatic rings. The molecule has 6 nitrogen and oxygen atoms in total. The van der Waals surface area contributed by atoms with E-state index in [9.17, 15) is 13.2 Å². The van der Waals surface area contributed by atoms with Crippen LogP contribution in [0.25, 0.3) is 0 Å². The average Bonchev–Trinajstić information content (AvgIpc) is 3.01. The van der Waals surface area contributed by atoms with E-state index in [2.05, 4.69) is 5.32 Å². The topological polar surface area (TPSA) is 90.3 Å². The molecule has 1 aromatic heterocycles. The molecule has 1 heterocycles. The zero-order chi connectivity index (χ0) is 17.9. The molecule has 0 aliphatic carbocycles. The number of nitriles is 1. The highest BCUT2D eigenvalue weighted by molar-refractivity contribution is 7.89. The number of nitrogens with one attached hydrogen (secondary N) is 1. The second kappa shape index (κ2) is 7.13. The van der Waals surface area contributed by atoms with Gasteiger partial charge in [0, 0.05) is 18.7 Å². The number of carbonyl (C=O) groups is 1. The highest BCUT2D eigenvalue weighted by Gasteiger charge is 2.24. The molecular weight excluding hydrogens is 346 g/mol. The van der Waals surface area contributed by atoms with Crippen molar-refractivity contribution in [1.29, 1.82) is 5.26 Å². The molecule has 0 fully saturated rings. The number of rotatable bonds is 5. The van der Waals surface area contributed by atoms with Crippen LogP contribution in [0.1, 0.15) is 29.8 Å². The van der Waals surface area contributed by atoms with Crippen LogP contribution in [-0.2, 0) is 10.0 Å². The predicted octanol–water partition coefficient (Wildman–Crippen LogP) is 2.90. The van der Waals surface area contributed by atoms with Gasteiger partial charge in [0.15, 0.2) is 0 Å². The molecule has 0 radical (unpaired) electrons. The molecule has 1 N–H and O–H groups in total.